The van der Waals surface area contributed by atoms with Gasteiger partial charge < -0.3 is 20.4 Å². The van der Waals surface area contributed by atoms with Crippen molar-refractivity contribution < 1.29 is 19.1 Å². The second kappa shape index (κ2) is 9.51. The molecular formula is C17H21N5O4S2. The number of thiophene rings is 1. The van der Waals surface area contributed by atoms with Crippen LogP contribution in [-0.2, 0) is 22.5 Å². The molecule has 0 bridgehead atoms. The van der Waals surface area contributed by atoms with E-state index in [2.05, 4.69) is 22.1 Å². The molecule has 2 rings (SSSR count). The van der Waals surface area contributed by atoms with Crippen molar-refractivity contribution in [2.24, 2.45) is 5.73 Å². The molecule has 0 aliphatic rings. The Labute approximate surface area is 170 Å². The number of hydrogen-bond acceptors (Lipinski definition) is 8. The largest absolute Gasteiger partial charge is 0.465 e. The van der Waals surface area contributed by atoms with Crippen LogP contribution in [0.5, 0.6) is 0 Å². The number of aryl methyl sites for hydroxylation is 1. The van der Waals surface area contributed by atoms with Crippen LogP contribution >= 0.6 is 23.1 Å². The van der Waals surface area contributed by atoms with Crippen molar-refractivity contribution in [3.8, 4) is 0 Å². The zero-order chi connectivity index (χ0) is 20.8. The number of nitrogens with zero attached hydrogens (tertiary/aromatic N) is 3. The van der Waals surface area contributed by atoms with Gasteiger partial charge in [0.1, 0.15) is 10.8 Å². The van der Waals surface area contributed by atoms with Gasteiger partial charge in [-0.05, 0) is 12.5 Å². The highest BCUT2D eigenvalue weighted by Gasteiger charge is 2.25. The fourth-order valence-electron chi connectivity index (χ4n) is 2.48. The van der Waals surface area contributed by atoms with Gasteiger partial charge in [-0.3, -0.25) is 9.59 Å². The van der Waals surface area contributed by atoms with Crippen LogP contribution in [0, 0.1) is 6.92 Å². The second-order valence-electron chi connectivity index (χ2n) is 5.60. The van der Waals surface area contributed by atoms with Crippen LogP contribution < -0.4 is 11.1 Å². The molecule has 2 aromatic heterocycles. The molecule has 0 fully saturated rings. The van der Waals surface area contributed by atoms with Crippen LogP contribution in [0.25, 0.3) is 0 Å². The Kier molecular flexibility index (Phi) is 7.35. The highest BCUT2D eigenvalue weighted by molar-refractivity contribution is 7.99. The molecule has 2 amide bonds. The Morgan fingerprint density at radius 1 is 1.39 bits per heavy atom. The standard InChI is InChI=1S/C17H21N5O4S2/c1-5-7-22-10(6-2)20-21-17(22)27-8-11(23)19-15-12(16(25)26-4)9(3)13(28-15)14(18)24/h5H,1,6-8H2,2-4H3,(H2,18,24)(H,19,23). The molecule has 150 valence electrons. The summed E-state index contributed by atoms with van der Waals surface area (Å²) >= 11 is 2.16. The first-order valence-electron chi connectivity index (χ1n) is 8.31. The lowest BCUT2D eigenvalue weighted by molar-refractivity contribution is -0.113. The monoisotopic (exact) mass is 423 g/mol. The molecule has 2 aromatic rings. The zero-order valence-corrected chi connectivity index (χ0v) is 17.4. The molecule has 3 N–H and O–H groups in total. The minimum atomic E-state index is -0.674. The number of aromatic nitrogens is 3. The fraction of sp³-hybridized carbons (Fsp3) is 0.353. The number of carbonyl (C=O) groups excluding carboxylic acids is 3. The van der Waals surface area contributed by atoms with Crippen molar-refractivity contribution in [1.29, 1.82) is 0 Å². The quantitative estimate of drug-likeness (QED) is 0.358. The highest BCUT2D eigenvalue weighted by atomic mass is 32.2. The Bertz CT molecular complexity index is 919. The van der Waals surface area contributed by atoms with Gasteiger partial charge in [0.05, 0.1) is 23.3 Å². The maximum atomic E-state index is 12.4. The number of carbonyl (C=O) groups is 3. The highest BCUT2D eigenvalue weighted by Crippen LogP contribution is 2.33. The van der Waals surface area contributed by atoms with Crippen molar-refractivity contribution in [2.45, 2.75) is 32.0 Å². The molecule has 11 heteroatoms. The number of anilines is 1. The van der Waals surface area contributed by atoms with Gasteiger partial charge >= 0.3 is 5.97 Å². The summed E-state index contributed by atoms with van der Waals surface area (Å²) in [6.07, 6.45) is 2.44. The first-order valence-corrected chi connectivity index (χ1v) is 10.1. The van der Waals surface area contributed by atoms with Crippen LogP contribution in [0.1, 0.15) is 38.3 Å². The van der Waals surface area contributed by atoms with Gasteiger partial charge in [-0.15, -0.1) is 28.1 Å². The minimum Gasteiger partial charge on any atom is -0.465 e. The van der Waals surface area contributed by atoms with Crippen LogP contribution in [-0.4, -0.2) is 45.4 Å². The average molecular weight is 424 g/mol. The Hall–Kier alpha value is -2.66. The molecule has 0 saturated heterocycles. The number of nitrogens with one attached hydrogen (secondary N) is 1. The van der Waals surface area contributed by atoms with E-state index in [9.17, 15) is 14.4 Å². The number of allylic oxidation sites excluding steroid dienone is 1. The SMILES string of the molecule is C=CCn1c(CC)nnc1SCC(=O)Nc1sc(C(N)=O)c(C)c1C(=O)OC. The van der Waals surface area contributed by atoms with Crippen molar-refractivity contribution in [3.63, 3.8) is 0 Å². The van der Waals surface area contributed by atoms with Gasteiger partial charge in [-0.1, -0.05) is 24.8 Å². The molecule has 9 nitrogen and oxygen atoms in total. The molecule has 0 spiro atoms. The van der Waals surface area contributed by atoms with Crippen molar-refractivity contribution in [2.75, 3.05) is 18.2 Å². The van der Waals surface area contributed by atoms with E-state index >= 15 is 0 Å². The first-order chi connectivity index (χ1) is 13.3. The van der Waals surface area contributed by atoms with E-state index < -0.39 is 11.9 Å². The van der Waals surface area contributed by atoms with E-state index in [1.165, 1.54) is 18.9 Å². The molecule has 0 saturated carbocycles. The third-order valence-electron chi connectivity index (χ3n) is 3.77. The number of primary amides is 1. The maximum absolute atomic E-state index is 12.4. The summed E-state index contributed by atoms with van der Waals surface area (Å²) in [5.74, 6) is -0.841. The third-order valence-corrected chi connectivity index (χ3v) is 5.96. The lowest BCUT2D eigenvalue weighted by atomic mass is 10.1. The van der Waals surface area contributed by atoms with Crippen molar-refractivity contribution >= 4 is 45.9 Å². The Morgan fingerprint density at radius 2 is 2.11 bits per heavy atom. The Morgan fingerprint density at radius 3 is 2.68 bits per heavy atom. The summed E-state index contributed by atoms with van der Waals surface area (Å²) in [7, 11) is 1.22. The van der Waals surface area contributed by atoms with Gasteiger partial charge in [0.2, 0.25) is 5.91 Å². The number of nitrogens with two attached hydrogens (primary N) is 1. The van der Waals surface area contributed by atoms with E-state index in [0.29, 0.717) is 23.7 Å². The number of ether oxygens (including phenoxy) is 1. The molecule has 0 atom stereocenters. The number of thioether (sulfide) groups is 1. The van der Waals surface area contributed by atoms with Crippen LogP contribution in [0.15, 0.2) is 17.8 Å². The third kappa shape index (κ3) is 4.60. The molecule has 0 aliphatic carbocycles. The van der Waals surface area contributed by atoms with E-state index in [0.717, 1.165) is 17.2 Å². The smallest absolute Gasteiger partial charge is 0.341 e. The number of amides is 2. The van der Waals surface area contributed by atoms with Crippen LogP contribution in [0.4, 0.5) is 5.00 Å². The minimum absolute atomic E-state index is 0.0441. The van der Waals surface area contributed by atoms with Gasteiger partial charge in [-0.25, -0.2) is 4.79 Å². The fourth-order valence-corrected chi connectivity index (χ4v) is 4.31. The molecule has 0 unspecified atom stereocenters. The molecule has 28 heavy (non-hydrogen) atoms. The van der Waals surface area contributed by atoms with E-state index in [-0.39, 0.29) is 27.1 Å². The summed E-state index contributed by atoms with van der Waals surface area (Å²) < 4.78 is 6.63. The number of esters is 1. The van der Waals surface area contributed by atoms with E-state index in [1.54, 1.807) is 13.0 Å². The molecule has 0 aromatic carbocycles. The summed E-state index contributed by atoms with van der Waals surface area (Å²) in [5, 5.41) is 11.7. The average Bonchev–Trinajstić information content (AvgIpc) is 3.20. The van der Waals surface area contributed by atoms with Crippen molar-refractivity contribution in [1.82, 2.24) is 14.8 Å². The summed E-state index contributed by atoms with van der Waals surface area (Å²) in [6.45, 7) is 7.80. The second-order valence-corrected chi connectivity index (χ2v) is 7.57. The number of rotatable bonds is 9. The zero-order valence-electron chi connectivity index (χ0n) is 15.8. The maximum Gasteiger partial charge on any atom is 0.341 e. The van der Waals surface area contributed by atoms with Gasteiger partial charge in [0.25, 0.3) is 5.91 Å². The van der Waals surface area contributed by atoms with Crippen LogP contribution in [0.3, 0.4) is 0 Å². The first kappa shape index (κ1) is 21.6. The van der Waals surface area contributed by atoms with Gasteiger partial charge in [-0.2, -0.15) is 0 Å². The number of hydrogen-bond donors (Lipinski definition) is 2. The summed E-state index contributed by atoms with van der Waals surface area (Å²) in [4.78, 5) is 36.2. The molecule has 0 radical (unpaired) electrons. The topological polar surface area (TPSA) is 129 Å². The summed E-state index contributed by atoms with van der Waals surface area (Å²) in [5.41, 5.74) is 5.85. The van der Waals surface area contributed by atoms with Crippen molar-refractivity contribution in [3.05, 3.63) is 34.5 Å². The predicted molar refractivity (Wildman–Crippen MR) is 108 cm³/mol. The number of methoxy groups -OCH3 is 1. The van der Waals surface area contributed by atoms with Gasteiger partial charge in [0, 0.05) is 13.0 Å². The lowest BCUT2D eigenvalue weighted by Crippen LogP contribution is -2.16. The molecular weight excluding hydrogens is 402 g/mol. The van der Waals surface area contributed by atoms with E-state index in [4.69, 9.17) is 10.5 Å². The molecule has 2 heterocycles. The van der Waals surface area contributed by atoms with Gasteiger partial charge in [0.15, 0.2) is 5.16 Å². The Balaban J connectivity index is 2.17. The lowest BCUT2D eigenvalue weighted by Gasteiger charge is -2.07. The molecule has 0 aliphatic heterocycles. The van der Waals surface area contributed by atoms with E-state index in [1.807, 2.05) is 11.5 Å². The summed E-state index contributed by atoms with van der Waals surface area (Å²) in [6, 6.07) is 0. The predicted octanol–water partition coefficient (Wildman–Crippen LogP) is 2.01. The normalized spacial score (nSPS) is 10.5. The van der Waals surface area contributed by atoms with Crippen LogP contribution in [0.2, 0.25) is 0 Å².